The largest absolute Gasteiger partial charge is 0.478 e. The molecule has 1 N–H and O–H groups in total. The first kappa shape index (κ1) is 10.5. The van der Waals surface area contributed by atoms with E-state index in [1.54, 1.807) is 27.1 Å². The zero-order valence-electron chi connectivity index (χ0n) is 9.31. The third-order valence-corrected chi connectivity index (χ3v) is 2.85. The molecule has 2 aromatic rings. The minimum atomic E-state index is -0.976. The smallest absolute Gasteiger partial charge is 0.336 e. The lowest BCUT2D eigenvalue weighted by Crippen LogP contribution is -2.19. The summed E-state index contributed by atoms with van der Waals surface area (Å²) in [5.41, 5.74) is 2.11. The maximum atomic E-state index is 11.7. The van der Waals surface area contributed by atoms with E-state index in [0.29, 0.717) is 11.1 Å². The number of hydrogen-bond acceptors (Lipinski definition) is 2. The molecule has 1 aromatic carbocycles. The summed E-state index contributed by atoms with van der Waals surface area (Å²) in [5.74, 6) is -0.976. The van der Waals surface area contributed by atoms with Crippen LogP contribution >= 0.6 is 0 Å². The van der Waals surface area contributed by atoms with E-state index in [-0.39, 0.29) is 11.3 Å². The number of fused-ring (bicyclic) bond motifs is 1. The fourth-order valence-corrected chi connectivity index (χ4v) is 1.88. The average Bonchev–Trinajstić information content (AvgIpc) is 2.43. The Bertz CT molecular complexity index is 649. The maximum absolute atomic E-state index is 11.7. The van der Waals surface area contributed by atoms with Gasteiger partial charge in [-0.2, -0.15) is 0 Å². The molecule has 0 spiro atoms. The monoisotopic (exact) mass is 220 g/mol. The number of carbonyl (C=O) groups is 1. The van der Waals surface area contributed by atoms with Crippen molar-refractivity contribution in [3.8, 4) is 0 Å². The molecule has 0 saturated carbocycles. The van der Waals surface area contributed by atoms with Gasteiger partial charge in [-0.1, -0.05) is 0 Å². The van der Waals surface area contributed by atoms with Crippen molar-refractivity contribution >= 4 is 17.0 Å². The molecule has 5 nitrogen and oxygen atoms in total. The summed E-state index contributed by atoms with van der Waals surface area (Å²) in [5, 5.41) is 9.00. The number of rotatable bonds is 1. The molecule has 1 heterocycles. The standard InChI is InChI=1S/C11H12N2O3/c1-6-4-8-9(5-7(6)10(14)15)13(3)11(16)12(8)2/h4-5H,1-3H3,(H,14,15). The van der Waals surface area contributed by atoms with Crippen LogP contribution in [0.25, 0.3) is 11.0 Å². The minimum absolute atomic E-state index is 0.156. The number of carboxylic acid groups (broad SMARTS) is 1. The van der Waals surface area contributed by atoms with E-state index < -0.39 is 5.97 Å². The Morgan fingerprint density at radius 3 is 2.19 bits per heavy atom. The maximum Gasteiger partial charge on any atom is 0.336 e. The van der Waals surface area contributed by atoms with Gasteiger partial charge in [0.2, 0.25) is 0 Å². The Labute approximate surface area is 91.5 Å². The number of aryl methyl sites for hydroxylation is 3. The highest BCUT2D eigenvalue weighted by Gasteiger charge is 2.13. The molecule has 2 rings (SSSR count). The SMILES string of the molecule is Cc1cc2c(cc1C(=O)O)n(C)c(=O)n2C. The Hall–Kier alpha value is -2.04. The Balaban J connectivity index is 2.96. The molecule has 0 saturated heterocycles. The van der Waals surface area contributed by atoms with Gasteiger partial charge in [-0.05, 0) is 24.6 Å². The van der Waals surface area contributed by atoms with Crippen molar-refractivity contribution in [2.45, 2.75) is 6.92 Å². The van der Waals surface area contributed by atoms with Gasteiger partial charge < -0.3 is 5.11 Å². The molecule has 84 valence electrons. The topological polar surface area (TPSA) is 64.2 Å². The van der Waals surface area contributed by atoms with Crippen molar-refractivity contribution in [3.05, 3.63) is 33.7 Å². The fraction of sp³-hybridized carbons (Fsp3) is 0.273. The van der Waals surface area contributed by atoms with Crippen molar-refractivity contribution in [1.29, 1.82) is 0 Å². The fourth-order valence-electron chi connectivity index (χ4n) is 1.88. The van der Waals surface area contributed by atoms with Gasteiger partial charge in [0.05, 0.1) is 16.6 Å². The lowest BCUT2D eigenvalue weighted by Gasteiger charge is -2.02. The molecule has 0 unspecified atom stereocenters. The van der Waals surface area contributed by atoms with Crippen LogP contribution in [0.5, 0.6) is 0 Å². The Morgan fingerprint density at radius 1 is 1.19 bits per heavy atom. The second-order valence-corrected chi connectivity index (χ2v) is 3.86. The summed E-state index contributed by atoms with van der Waals surface area (Å²) in [6.45, 7) is 1.72. The second-order valence-electron chi connectivity index (χ2n) is 3.86. The number of benzene rings is 1. The zero-order valence-corrected chi connectivity index (χ0v) is 9.31. The molecular formula is C11H12N2O3. The molecule has 0 aliphatic heterocycles. The van der Waals surface area contributed by atoms with Crippen LogP contribution in [0.1, 0.15) is 15.9 Å². The summed E-state index contributed by atoms with van der Waals surface area (Å²) in [6, 6.07) is 3.26. The number of imidazole rings is 1. The number of aromatic carboxylic acids is 1. The van der Waals surface area contributed by atoms with Crippen LogP contribution in [0.3, 0.4) is 0 Å². The third-order valence-electron chi connectivity index (χ3n) is 2.85. The van der Waals surface area contributed by atoms with Crippen molar-refractivity contribution in [2.75, 3.05) is 0 Å². The number of aromatic nitrogens is 2. The van der Waals surface area contributed by atoms with Gasteiger partial charge in [-0.25, -0.2) is 9.59 Å². The first-order valence-corrected chi connectivity index (χ1v) is 4.83. The van der Waals surface area contributed by atoms with Crippen LogP contribution in [-0.4, -0.2) is 20.2 Å². The highest BCUT2D eigenvalue weighted by molar-refractivity contribution is 5.94. The summed E-state index contributed by atoms with van der Waals surface area (Å²) >= 11 is 0. The molecule has 0 bridgehead atoms. The van der Waals surface area contributed by atoms with Crippen molar-refractivity contribution < 1.29 is 9.90 Å². The molecule has 5 heteroatoms. The normalized spacial score (nSPS) is 10.9. The lowest BCUT2D eigenvalue weighted by atomic mass is 10.1. The van der Waals surface area contributed by atoms with Gasteiger partial charge in [-0.3, -0.25) is 9.13 Å². The summed E-state index contributed by atoms with van der Waals surface area (Å²) < 4.78 is 2.95. The molecule has 0 radical (unpaired) electrons. The van der Waals surface area contributed by atoms with E-state index in [0.717, 1.165) is 5.52 Å². The Kier molecular flexibility index (Phi) is 2.11. The number of carboxylic acids is 1. The van der Waals surface area contributed by atoms with Crippen LogP contribution < -0.4 is 5.69 Å². The second kappa shape index (κ2) is 3.23. The Morgan fingerprint density at radius 2 is 1.69 bits per heavy atom. The van der Waals surface area contributed by atoms with Crippen LogP contribution in [0, 0.1) is 6.92 Å². The molecule has 0 amide bonds. The van der Waals surface area contributed by atoms with Crippen LogP contribution in [0.2, 0.25) is 0 Å². The van der Waals surface area contributed by atoms with E-state index in [1.165, 1.54) is 15.2 Å². The van der Waals surface area contributed by atoms with Gasteiger partial charge in [0.15, 0.2) is 0 Å². The van der Waals surface area contributed by atoms with E-state index >= 15 is 0 Å². The van der Waals surface area contributed by atoms with Gasteiger partial charge in [-0.15, -0.1) is 0 Å². The van der Waals surface area contributed by atoms with Crippen LogP contribution in [-0.2, 0) is 14.1 Å². The summed E-state index contributed by atoms with van der Waals surface area (Å²) in [7, 11) is 3.30. The number of hydrogen-bond donors (Lipinski definition) is 1. The molecular weight excluding hydrogens is 208 g/mol. The molecule has 0 aliphatic rings. The molecule has 0 fully saturated rings. The van der Waals surface area contributed by atoms with E-state index in [1.807, 2.05) is 0 Å². The first-order chi connectivity index (χ1) is 7.43. The predicted molar refractivity (Wildman–Crippen MR) is 59.9 cm³/mol. The minimum Gasteiger partial charge on any atom is -0.478 e. The highest BCUT2D eigenvalue weighted by Crippen LogP contribution is 2.18. The van der Waals surface area contributed by atoms with E-state index in [2.05, 4.69) is 0 Å². The molecule has 0 atom stereocenters. The van der Waals surface area contributed by atoms with Crippen LogP contribution in [0.15, 0.2) is 16.9 Å². The van der Waals surface area contributed by atoms with Gasteiger partial charge in [0.25, 0.3) is 0 Å². The molecule has 0 aliphatic carbocycles. The predicted octanol–water partition coefficient (Wildman–Crippen LogP) is 0.884. The van der Waals surface area contributed by atoms with Gasteiger partial charge >= 0.3 is 11.7 Å². The average molecular weight is 220 g/mol. The quantitative estimate of drug-likeness (QED) is 0.776. The van der Waals surface area contributed by atoms with Crippen molar-refractivity contribution in [1.82, 2.24) is 9.13 Å². The van der Waals surface area contributed by atoms with Crippen LogP contribution in [0.4, 0.5) is 0 Å². The first-order valence-electron chi connectivity index (χ1n) is 4.83. The van der Waals surface area contributed by atoms with Crippen molar-refractivity contribution in [3.63, 3.8) is 0 Å². The van der Waals surface area contributed by atoms with E-state index in [9.17, 15) is 9.59 Å². The third kappa shape index (κ3) is 1.25. The lowest BCUT2D eigenvalue weighted by molar-refractivity contribution is 0.0696. The molecule has 16 heavy (non-hydrogen) atoms. The van der Waals surface area contributed by atoms with Crippen molar-refractivity contribution in [2.24, 2.45) is 14.1 Å². The summed E-state index contributed by atoms with van der Waals surface area (Å²) in [4.78, 5) is 22.6. The number of nitrogens with zero attached hydrogens (tertiary/aromatic N) is 2. The summed E-state index contributed by atoms with van der Waals surface area (Å²) in [6.07, 6.45) is 0. The molecule has 1 aromatic heterocycles. The highest BCUT2D eigenvalue weighted by atomic mass is 16.4. The van der Waals surface area contributed by atoms with E-state index in [4.69, 9.17) is 5.11 Å². The van der Waals surface area contributed by atoms with Gasteiger partial charge in [0, 0.05) is 14.1 Å². The van der Waals surface area contributed by atoms with Gasteiger partial charge in [0.1, 0.15) is 0 Å². The zero-order chi connectivity index (χ0) is 12.0.